The van der Waals surface area contributed by atoms with Gasteiger partial charge >= 0.3 is 0 Å². The Hall–Kier alpha value is -1.47. The van der Waals surface area contributed by atoms with E-state index in [1.807, 2.05) is 30.3 Å². The Kier molecular flexibility index (Phi) is 3.70. The van der Waals surface area contributed by atoms with Gasteiger partial charge in [-0.1, -0.05) is 36.7 Å². The SMILES string of the molecule is CCc1ccc(OC)cc1-c1ccc(Cl)cc1. The highest BCUT2D eigenvalue weighted by Crippen LogP contribution is 2.29. The quantitative estimate of drug-likeness (QED) is 0.770. The average molecular weight is 247 g/mol. The van der Waals surface area contributed by atoms with Gasteiger partial charge < -0.3 is 4.74 Å². The van der Waals surface area contributed by atoms with E-state index in [1.54, 1.807) is 7.11 Å². The maximum absolute atomic E-state index is 5.91. The highest BCUT2D eigenvalue weighted by atomic mass is 35.5. The monoisotopic (exact) mass is 246 g/mol. The Labute approximate surface area is 107 Å². The summed E-state index contributed by atoms with van der Waals surface area (Å²) in [5.41, 5.74) is 3.70. The zero-order valence-corrected chi connectivity index (χ0v) is 10.8. The maximum Gasteiger partial charge on any atom is 0.119 e. The minimum atomic E-state index is 0.759. The third kappa shape index (κ3) is 2.62. The van der Waals surface area contributed by atoms with Crippen LogP contribution in [0.4, 0.5) is 0 Å². The van der Waals surface area contributed by atoms with Crippen molar-refractivity contribution in [2.45, 2.75) is 13.3 Å². The molecule has 88 valence electrons. The summed E-state index contributed by atoms with van der Waals surface area (Å²) in [6.07, 6.45) is 1.00. The van der Waals surface area contributed by atoms with Gasteiger partial charge in [0.1, 0.15) is 5.75 Å². The molecule has 2 rings (SSSR count). The summed E-state index contributed by atoms with van der Waals surface area (Å²) in [5.74, 6) is 0.882. The molecule has 0 bridgehead atoms. The zero-order valence-electron chi connectivity index (χ0n) is 10.0. The van der Waals surface area contributed by atoms with Crippen LogP contribution < -0.4 is 4.74 Å². The van der Waals surface area contributed by atoms with Crippen molar-refractivity contribution < 1.29 is 4.74 Å². The van der Waals surface area contributed by atoms with Crippen molar-refractivity contribution in [2.24, 2.45) is 0 Å². The Morgan fingerprint density at radius 2 is 1.76 bits per heavy atom. The highest BCUT2D eigenvalue weighted by Gasteiger charge is 2.05. The van der Waals surface area contributed by atoms with Crippen molar-refractivity contribution in [1.82, 2.24) is 0 Å². The second-order valence-electron chi connectivity index (χ2n) is 3.88. The summed E-state index contributed by atoms with van der Waals surface area (Å²) in [5, 5.41) is 0.759. The molecule has 2 aromatic carbocycles. The standard InChI is InChI=1S/C15H15ClO/c1-3-11-6-9-14(17-2)10-15(11)12-4-7-13(16)8-5-12/h4-10H,3H2,1-2H3. The molecule has 0 aliphatic rings. The third-order valence-corrected chi connectivity index (χ3v) is 3.11. The second kappa shape index (κ2) is 5.24. The van der Waals surface area contributed by atoms with Gasteiger partial charge in [-0.05, 0) is 47.4 Å². The predicted octanol–water partition coefficient (Wildman–Crippen LogP) is 4.58. The Balaban J connectivity index is 2.51. The van der Waals surface area contributed by atoms with Crippen LogP contribution in [0.2, 0.25) is 5.02 Å². The highest BCUT2D eigenvalue weighted by molar-refractivity contribution is 6.30. The molecule has 0 radical (unpaired) electrons. The molecule has 1 nitrogen and oxygen atoms in total. The lowest BCUT2D eigenvalue weighted by molar-refractivity contribution is 0.415. The van der Waals surface area contributed by atoms with Crippen LogP contribution in [0.3, 0.4) is 0 Å². The molecular formula is C15H15ClO. The van der Waals surface area contributed by atoms with Crippen LogP contribution in [0.15, 0.2) is 42.5 Å². The molecule has 0 amide bonds. The summed E-state index contributed by atoms with van der Waals surface area (Å²) in [6.45, 7) is 2.15. The van der Waals surface area contributed by atoms with E-state index >= 15 is 0 Å². The van der Waals surface area contributed by atoms with Gasteiger partial charge in [0.15, 0.2) is 0 Å². The van der Waals surface area contributed by atoms with Gasteiger partial charge in [0.25, 0.3) is 0 Å². The summed E-state index contributed by atoms with van der Waals surface area (Å²) < 4.78 is 5.27. The Morgan fingerprint density at radius 3 is 2.35 bits per heavy atom. The first kappa shape index (κ1) is 12.0. The summed E-state index contributed by atoms with van der Waals surface area (Å²) >= 11 is 5.91. The largest absolute Gasteiger partial charge is 0.497 e. The molecule has 0 unspecified atom stereocenters. The van der Waals surface area contributed by atoms with E-state index < -0.39 is 0 Å². The number of hydrogen-bond acceptors (Lipinski definition) is 1. The van der Waals surface area contributed by atoms with Gasteiger partial charge in [0, 0.05) is 5.02 Å². The first-order valence-corrected chi connectivity index (χ1v) is 6.05. The maximum atomic E-state index is 5.91. The first-order chi connectivity index (χ1) is 8.24. The molecule has 0 heterocycles. The number of benzene rings is 2. The minimum absolute atomic E-state index is 0.759. The van der Waals surface area contributed by atoms with E-state index in [4.69, 9.17) is 16.3 Å². The van der Waals surface area contributed by atoms with E-state index in [-0.39, 0.29) is 0 Å². The van der Waals surface area contributed by atoms with Gasteiger partial charge in [-0.2, -0.15) is 0 Å². The van der Waals surface area contributed by atoms with E-state index in [0.717, 1.165) is 17.2 Å². The van der Waals surface area contributed by atoms with E-state index in [1.165, 1.54) is 16.7 Å². The second-order valence-corrected chi connectivity index (χ2v) is 4.32. The number of methoxy groups -OCH3 is 1. The van der Waals surface area contributed by atoms with Crippen molar-refractivity contribution in [3.8, 4) is 16.9 Å². The molecule has 0 N–H and O–H groups in total. The lowest BCUT2D eigenvalue weighted by Crippen LogP contribution is -1.90. The lowest BCUT2D eigenvalue weighted by Gasteiger charge is -2.10. The molecule has 0 saturated heterocycles. The molecule has 0 atom stereocenters. The predicted molar refractivity (Wildman–Crippen MR) is 72.8 cm³/mol. The molecule has 0 spiro atoms. The van der Waals surface area contributed by atoms with E-state index in [2.05, 4.69) is 19.1 Å². The number of ether oxygens (including phenoxy) is 1. The van der Waals surface area contributed by atoms with Crippen LogP contribution in [0.1, 0.15) is 12.5 Å². The fourth-order valence-corrected chi connectivity index (χ4v) is 2.02. The molecule has 2 heteroatoms. The van der Waals surface area contributed by atoms with Crippen LogP contribution in [-0.2, 0) is 6.42 Å². The van der Waals surface area contributed by atoms with Crippen LogP contribution in [0.25, 0.3) is 11.1 Å². The fraction of sp³-hybridized carbons (Fsp3) is 0.200. The fourth-order valence-electron chi connectivity index (χ4n) is 1.89. The van der Waals surface area contributed by atoms with Gasteiger partial charge in [-0.25, -0.2) is 0 Å². The Morgan fingerprint density at radius 1 is 1.06 bits per heavy atom. The van der Waals surface area contributed by atoms with E-state index in [9.17, 15) is 0 Å². The third-order valence-electron chi connectivity index (χ3n) is 2.85. The van der Waals surface area contributed by atoms with Crippen LogP contribution in [0.5, 0.6) is 5.75 Å². The van der Waals surface area contributed by atoms with E-state index in [0.29, 0.717) is 0 Å². The zero-order chi connectivity index (χ0) is 12.3. The molecule has 2 aromatic rings. The number of halogens is 1. The average Bonchev–Trinajstić information content (AvgIpc) is 2.39. The van der Waals surface area contributed by atoms with Crippen molar-refractivity contribution in [3.63, 3.8) is 0 Å². The van der Waals surface area contributed by atoms with Gasteiger partial charge in [-0.15, -0.1) is 0 Å². The Bertz CT molecular complexity index is 503. The summed E-state index contributed by atoms with van der Waals surface area (Å²) in [6, 6.07) is 14.1. The minimum Gasteiger partial charge on any atom is -0.497 e. The van der Waals surface area contributed by atoms with Gasteiger partial charge in [-0.3, -0.25) is 0 Å². The molecular weight excluding hydrogens is 232 g/mol. The number of rotatable bonds is 3. The molecule has 17 heavy (non-hydrogen) atoms. The van der Waals surface area contributed by atoms with Crippen molar-refractivity contribution in [3.05, 3.63) is 53.1 Å². The molecule has 0 aliphatic carbocycles. The molecule has 0 aromatic heterocycles. The number of hydrogen-bond donors (Lipinski definition) is 0. The molecule has 0 saturated carbocycles. The normalized spacial score (nSPS) is 10.3. The summed E-state index contributed by atoms with van der Waals surface area (Å²) in [4.78, 5) is 0. The van der Waals surface area contributed by atoms with Crippen LogP contribution in [-0.4, -0.2) is 7.11 Å². The van der Waals surface area contributed by atoms with Crippen LogP contribution in [0, 0.1) is 0 Å². The topological polar surface area (TPSA) is 9.23 Å². The lowest BCUT2D eigenvalue weighted by atomic mass is 9.98. The van der Waals surface area contributed by atoms with Gasteiger partial charge in [0.2, 0.25) is 0 Å². The molecule has 0 aliphatic heterocycles. The molecule has 0 fully saturated rings. The van der Waals surface area contributed by atoms with Crippen molar-refractivity contribution in [1.29, 1.82) is 0 Å². The van der Waals surface area contributed by atoms with Gasteiger partial charge in [0.05, 0.1) is 7.11 Å². The number of aryl methyl sites for hydroxylation is 1. The van der Waals surface area contributed by atoms with Crippen molar-refractivity contribution >= 4 is 11.6 Å². The first-order valence-electron chi connectivity index (χ1n) is 5.67. The smallest absolute Gasteiger partial charge is 0.119 e. The van der Waals surface area contributed by atoms with Crippen molar-refractivity contribution in [2.75, 3.05) is 7.11 Å². The van der Waals surface area contributed by atoms with Crippen LogP contribution >= 0.6 is 11.6 Å². The summed E-state index contributed by atoms with van der Waals surface area (Å²) in [7, 11) is 1.69.